The molecule has 0 bridgehead atoms. The van der Waals surface area contributed by atoms with E-state index in [-0.39, 0.29) is 5.52 Å². The van der Waals surface area contributed by atoms with Crippen LogP contribution in [0.2, 0.25) is 0 Å². The highest BCUT2D eigenvalue weighted by Crippen LogP contribution is 1.97. The summed E-state index contributed by atoms with van der Waals surface area (Å²) >= 11 is 0. The number of H-pyrrole nitrogens is 1. The highest BCUT2D eigenvalue weighted by molar-refractivity contribution is 5.71. The molecule has 0 saturated carbocycles. The van der Waals surface area contributed by atoms with E-state index in [0.29, 0.717) is 10.2 Å². The number of rotatable bonds is 0. The number of hydrogen-bond donors (Lipinski definition) is 2. The first kappa shape index (κ1) is 7.53. The maximum Gasteiger partial charge on any atom is 0.347 e. The fourth-order valence-electron chi connectivity index (χ4n) is 1.06. The molecule has 0 atom stereocenters. The summed E-state index contributed by atoms with van der Waals surface area (Å²) in [5.74, 6) is 5.17. The van der Waals surface area contributed by atoms with Crippen LogP contribution in [0.15, 0.2) is 27.9 Å². The second-order valence-corrected chi connectivity index (χ2v) is 2.50. The third kappa shape index (κ3) is 0.994. The molecule has 0 radical (unpaired) electrons. The zero-order valence-electron chi connectivity index (χ0n) is 6.52. The molecule has 2 rings (SSSR count). The molecule has 13 heavy (non-hydrogen) atoms. The minimum atomic E-state index is -0.648. The van der Waals surface area contributed by atoms with Crippen LogP contribution >= 0.6 is 0 Å². The summed E-state index contributed by atoms with van der Waals surface area (Å²) in [7, 11) is 0. The first-order valence-corrected chi connectivity index (χ1v) is 3.55. The van der Waals surface area contributed by atoms with Gasteiger partial charge >= 0.3 is 11.2 Å². The maximum atomic E-state index is 11.3. The molecule has 0 unspecified atom stereocenters. The van der Waals surface area contributed by atoms with Crippen LogP contribution in [0.4, 0.5) is 0 Å². The van der Waals surface area contributed by atoms with Crippen LogP contribution in [0.25, 0.3) is 11.0 Å². The highest BCUT2D eigenvalue weighted by atomic mass is 16.2. The van der Waals surface area contributed by atoms with Crippen molar-refractivity contribution < 1.29 is 0 Å². The number of nitrogens with one attached hydrogen (secondary N) is 1. The van der Waals surface area contributed by atoms with Gasteiger partial charge in [0.25, 0.3) is 0 Å². The lowest BCUT2D eigenvalue weighted by Gasteiger charge is -1.97. The third-order valence-corrected chi connectivity index (χ3v) is 1.69. The predicted octanol–water partition coefficient (Wildman–Crippen LogP) is -1.20. The fourth-order valence-corrected chi connectivity index (χ4v) is 1.06. The van der Waals surface area contributed by atoms with E-state index in [1.54, 1.807) is 12.1 Å². The van der Waals surface area contributed by atoms with Crippen molar-refractivity contribution in [2.45, 2.75) is 0 Å². The van der Waals surface area contributed by atoms with Crippen LogP contribution in [0, 0.1) is 0 Å². The summed E-state index contributed by atoms with van der Waals surface area (Å²) in [5, 5.41) is 0. The predicted molar refractivity (Wildman–Crippen MR) is 46.8 cm³/mol. The van der Waals surface area contributed by atoms with Gasteiger partial charge in [-0.3, -0.25) is 4.79 Å². The van der Waals surface area contributed by atoms with Gasteiger partial charge in [0.2, 0.25) is 0 Å². The molecule has 0 aliphatic rings. The number of aromatic amines is 1. The topological polar surface area (TPSA) is 93.8 Å². The van der Waals surface area contributed by atoms with E-state index in [9.17, 15) is 9.59 Å². The Morgan fingerprint density at radius 2 is 2.23 bits per heavy atom. The molecule has 3 N–H and O–H groups in total. The van der Waals surface area contributed by atoms with Crippen LogP contribution in [0.3, 0.4) is 0 Å². The Kier molecular flexibility index (Phi) is 1.42. The van der Waals surface area contributed by atoms with E-state index in [0.717, 1.165) is 0 Å². The Morgan fingerprint density at radius 3 is 3.00 bits per heavy atom. The van der Waals surface area contributed by atoms with Crippen molar-refractivity contribution in [2.24, 2.45) is 0 Å². The molecular formula is C7H6N4O2. The molecule has 0 fully saturated rings. The zero-order chi connectivity index (χ0) is 9.42. The van der Waals surface area contributed by atoms with Gasteiger partial charge < -0.3 is 10.8 Å². The van der Waals surface area contributed by atoms with Gasteiger partial charge in [-0.25, -0.2) is 9.78 Å². The summed E-state index contributed by atoms with van der Waals surface area (Å²) < 4.78 is 0.495. The van der Waals surface area contributed by atoms with Crippen LogP contribution in [0.1, 0.15) is 0 Å². The van der Waals surface area contributed by atoms with Gasteiger partial charge in [-0.15, -0.1) is 0 Å². The van der Waals surface area contributed by atoms with E-state index >= 15 is 0 Å². The van der Waals surface area contributed by atoms with E-state index in [1.165, 1.54) is 6.20 Å². The Balaban J connectivity index is 3.12. The van der Waals surface area contributed by atoms with Crippen molar-refractivity contribution >= 4 is 11.0 Å². The normalized spacial score (nSPS) is 10.5. The van der Waals surface area contributed by atoms with Gasteiger partial charge in [0, 0.05) is 6.20 Å². The molecule has 0 aliphatic carbocycles. The number of nitrogen functional groups attached to an aromatic ring is 1. The van der Waals surface area contributed by atoms with E-state index in [2.05, 4.69) is 9.97 Å². The fraction of sp³-hybridized carbons (Fsp3) is 0. The number of pyridine rings is 1. The van der Waals surface area contributed by atoms with Crippen molar-refractivity contribution in [1.29, 1.82) is 0 Å². The second-order valence-electron chi connectivity index (χ2n) is 2.50. The Morgan fingerprint density at radius 1 is 1.46 bits per heavy atom. The molecule has 2 heterocycles. The molecule has 0 spiro atoms. The highest BCUT2D eigenvalue weighted by Gasteiger charge is 2.03. The largest absolute Gasteiger partial charge is 0.347 e. The Hall–Kier alpha value is -2.11. The second kappa shape index (κ2) is 2.44. The average molecular weight is 178 g/mol. The van der Waals surface area contributed by atoms with Crippen molar-refractivity contribution in [1.82, 2.24) is 14.6 Å². The molecule has 0 aliphatic heterocycles. The van der Waals surface area contributed by atoms with E-state index in [1.807, 2.05) is 0 Å². The quantitative estimate of drug-likeness (QED) is 0.495. The van der Waals surface area contributed by atoms with E-state index in [4.69, 9.17) is 5.84 Å². The summed E-state index contributed by atoms with van der Waals surface area (Å²) in [4.78, 5) is 28.5. The van der Waals surface area contributed by atoms with Gasteiger partial charge in [0.15, 0.2) is 5.52 Å². The molecular weight excluding hydrogens is 172 g/mol. The van der Waals surface area contributed by atoms with Crippen molar-refractivity contribution in [3.63, 3.8) is 0 Å². The number of hydrogen-bond acceptors (Lipinski definition) is 4. The van der Waals surface area contributed by atoms with Crippen molar-refractivity contribution in [2.75, 3.05) is 5.84 Å². The smallest absolute Gasteiger partial charge is 0.332 e. The first-order valence-electron chi connectivity index (χ1n) is 3.55. The van der Waals surface area contributed by atoms with E-state index < -0.39 is 11.2 Å². The number of nitrogens with two attached hydrogens (primary N) is 1. The number of nitrogens with zero attached hydrogens (tertiary/aromatic N) is 2. The minimum Gasteiger partial charge on any atom is -0.332 e. The molecule has 6 nitrogen and oxygen atoms in total. The molecule has 0 amide bonds. The van der Waals surface area contributed by atoms with Gasteiger partial charge in [-0.05, 0) is 12.1 Å². The third-order valence-electron chi connectivity index (χ3n) is 1.69. The lowest BCUT2D eigenvalue weighted by molar-refractivity contribution is 0.851. The maximum absolute atomic E-state index is 11.3. The number of aromatic nitrogens is 3. The summed E-state index contributed by atoms with van der Waals surface area (Å²) in [6.07, 6.45) is 1.46. The number of fused-ring (bicyclic) bond motifs is 1. The standard InChI is InChI=1S/C7H6N4O2/c8-11-6(12)5-4(10-7(11)13)2-1-3-9-5/h1-3H,8H2,(H,10,13). The van der Waals surface area contributed by atoms with Crippen LogP contribution in [-0.2, 0) is 0 Å². The molecule has 2 aromatic rings. The lowest BCUT2D eigenvalue weighted by Crippen LogP contribution is -2.40. The molecule has 0 saturated heterocycles. The Bertz CT molecular complexity index is 568. The zero-order valence-corrected chi connectivity index (χ0v) is 6.52. The molecule has 6 heteroatoms. The van der Waals surface area contributed by atoms with Gasteiger partial charge in [-0.1, -0.05) is 0 Å². The summed E-state index contributed by atoms with van der Waals surface area (Å²) in [6, 6.07) is 3.21. The monoisotopic (exact) mass is 178 g/mol. The average Bonchev–Trinajstić information content (AvgIpc) is 2.15. The van der Waals surface area contributed by atoms with Crippen molar-refractivity contribution in [3.8, 4) is 0 Å². The van der Waals surface area contributed by atoms with Gasteiger partial charge in [0.1, 0.15) is 0 Å². The van der Waals surface area contributed by atoms with Crippen molar-refractivity contribution in [3.05, 3.63) is 39.2 Å². The van der Waals surface area contributed by atoms with Gasteiger partial charge in [-0.2, -0.15) is 4.68 Å². The molecule has 2 aromatic heterocycles. The van der Waals surface area contributed by atoms with Crippen LogP contribution in [0.5, 0.6) is 0 Å². The lowest BCUT2D eigenvalue weighted by atomic mass is 10.4. The Labute approximate surface area is 71.6 Å². The minimum absolute atomic E-state index is 0.157. The SMILES string of the molecule is Nn1c(=O)[nH]c2cccnc2c1=O. The van der Waals surface area contributed by atoms with Gasteiger partial charge in [0.05, 0.1) is 5.52 Å². The first-order chi connectivity index (χ1) is 6.20. The summed E-state index contributed by atoms with van der Waals surface area (Å²) in [5.41, 5.74) is -0.700. The van der Waals surface area contributed by atoms with Crippen LogP contribution in [-0.4, -0.2) is 14.6 Å². The molecule has 66 valence electrons. The van der Waals surface area contributed by atoms with Crippen LogP contribution < -0.4 is 17.1 Å². The summed E-state index contributed by atoms with van der Waals surface area (Å²) in [6.45, 7) is 0. The molecule has 0 aromatic carbocycles.